The minimum atomic E-state index is -0.307. The third kappa shape index (κ3) is 7.76. The molecule has 0 spiro atoms. The Balaban J connectivity index is 1.12. The molecule has 0 unspecified atom stereocenters. The number of hydrogen-bond donors (Lipinski definition) is 0. The lowest BCUT2D eigenvalue weighted by molar-refractivity contribution is 0.329. The summed E-state index contributed by atoms with van der Waals surface area (Å²) in [5.41, 5.74) is 21.3. The van der Waals surface area contributed by atoms with Crippen LogP contribution in [0, 0.1) is 6.92 Å². The Labute approximate surface area is 462 Å². The van der Waals surface area contributed by atoms with E-state index < -0.39 is 0 Å². The van der Waals surface area contributed by atoms with Gasteiger partial charge in [0.25, 0.3) is 0 Å². The maximum Gasteiger partial charge on any atom is 0.159 e. The van der Waals surface area contributed by atoms with E-state index in [4.69, 9.17) is 16.0 Å². The van der Waals surface area contributed by atoms with Crippen molar-refractivity contribution < 1.29 is 4.42 Å². The Morgan fingerprint density at radius 1 is 0.461 bits per heavy atom. The Bertz CT molecular complexity index is 3860. The van der Waals surface area contributed by atoms with Crippen LogP contribution >= 0.6 is 22.9 Å². The molecule has 0 amide bonds. The van der Waals surface area contributed by atoms with Crippen molar-refractivity contribution in [3.63, 3.8) is 0 Å². The van der Waals surface area contributed by atoms with Gasteiger partial charge in [-0.05, 0) is 176 Å². The van der Waals surface area contributed by atoms with Crippen LogP contribution in [0.2, 0.25) is 5.02 Å². The van der Waals surface area contributed by atoms with Gasteiger partial charge < -0.3 is 14.2 Å². The van der Waals surface area contributed by atoms with Crippen LogP contribution in [0.25, 0.3) is 32.0 Å². The number of aryl methyl sites for hydroxylation is 1. The summed E-state index contributed by atoms with van der Waals surface area (Å²) in [6.45, 7) is 38.4. The third-order valence-electron chi connectivity index (χ3n) is 19.0. The molecule has 0 aliphatic heterocycles. The van der Waals surface area contributed by atoms with Gasteiger partial charge in [-0.15, -0.1) is 11.3 Å². The maximum atomic E-state index is 8.38. The van der Waals surface area contributed by atoms with E-state index >= 15 is 0 Å². The molecule has 0 atom stereocenters. The van der Waals surface area contributed by atoms with Crippen molar-refractivity contribution in [2.45, 2.75) is 174 Å². The summed E-state index contributed by atoms with van der Waals surface area (Å²) < 4.78 is 8.24. The maximum absolute atomic E-state index is 8.38. The monoisotopic (exact) mass is 1040 g/mol. The van der Waals surface area contributed by atoms with Crippen molar-refractivity contribution >= 4 is 89.1 Å². The van der Waals surface area contributed by atoms with Crippen molar-refractivity contribution in [3.8, 4) is 0 Å². The molecular formula is C71H77ClN2OS. The highest BCUT2D eigenvalue weighted by atomic mass is 35.5. The first-order valence-corrected chi connectivity index (χ1v) is 29.2. The number of anilines is 6. The first-order chi connectivity index (χ1) is 35.6. The molecule has 7 aromatic carbocycles. The molecule has 76 heavy (non-hydrogen) atoms. The normalized spacial score (nSPS) is 18.5. The Morgan fingerprint density at radius 3 is 1.57 bits per heavy atom. The summed E-state index contributed by atoms with van der Waals surface area (Å²) >= 11 is 10.2. The molecular weight excluding hydrogens is 964 g/mol. The van der Waals surface area contributed by atoms with Gasteiger partial charge in [-0.3, -0.25) is 0 Å². The molecule has 5 heteroatoms. The number of para-hydroxylation sites is 2. The first kappa shape index (κ1) is 51.0. The fourth-order valence-corrected chi connectivity index (χ4v) is 15.0. The summed E-state index contributed by atoms with van der Waals surface area (Å²) in [5.74, 6) is 0. The average molecular weight is 1040 g/mol. The van der Waals surface area contributed by atoms with Gasteiger partial charge in [0.1, 0.15) is 5.58 Å². The molecule has 9 aromatic rings. The zero-order valence-electron chi connectivity index (χ0n) is 48.0. The second-order valence-corrected chi connectivity index (χ2v) is 29.1. The topological polar surface area (TPSA) is 19.6 Å². The highest BCUT2D eigenvalue weighted by Crippen LogP contribution is 2.58. The van der Waals surface area contributed by atoms with Crippen molar-refractivity contribution in [1.29, 1.82) is 0 Å². The van der Waals surface area contributed by atoms with E-state index in [-0.39, 0.29) is 37.9 Å². The van der Waals surface area contributed by atoms with E-state index in [0.717, 1.165) is 74.5 Å². The van der Waals surface area contributed by atoms with E-state index in [1.54, 1.807) is 11.3 Å². The molecule has 2 aromatic heterocycles. The van der Waals surface area contributed by atoms with Crippen LogP contribution in [0.3, 0.4) is 0 Å². The summed E-state index contributed by atoms with van der Waals surface area (Å²) in [6.07, 6.45) is 4.65. The molecule has 0 N–H and O–H groups in total. The van der Waals surface area contributed by atoms with E-state index in [2.05, 4.69) is 247 Å². The van der Waals surface area contributed by atoms with Crippen LogP contribution in [0.15, 0.2) is 131 Å². The molecule has 390 valence electrons. The van der Waals surface area contributed by atoms with Gasteiger partial charge >= 0.3 is 0 Å². The second kappa shape index (κ2) is 16.8. The molecule has 2 heterocycles. The van der Waals surface area contributed by atoms with Crippen LogP contribution in [-0.2, 0) is 37.9 Å². The van der Waals surface area contributed by atoms with Crippen molar-refractivity contribution in [1.82, 2.24) is 0 Å². The number of benzene rings is 7. The summed E-state index contributed by atoms with van der Waals surface area (Å²) in [4.78, 5) is 4.88. The lowest BCUT2D eigenvalue weighted by Crippen LogP contribution is -2.40. The summed E-state index contributed by atoms with van der Waals surface area (Å²) in [5, 5.41) is 6.42. The van der Waals surface area contributed by atoms with Crippen LogP contribution in [0.1, 0.15) is 185 Å². The van der Waals surface area contributed by atoms with Crippen LogP contribution in [0.5, 0.6) is 0 Å². The number of thiophene rings is 1. The molecule has 0 saturated carbocycles. The second-order valence-electron chi connectivity index (χ2n) is 27.8. The number of hydrogen-bond acceptors (Lipinski definition) is 4. The minimum Gasteiger partial charge on any atom is -0.454 e. The van der Waals surface area contributed by atoms with Gasteiger partial charge in [0.2, 0.25) is 0 Å². The predicted octanol–water partition coefficient (Wildman–Crippen LogP) is 21.7. The predicted molar refractivity (Wildman–Crippen MR) is 328 cm³/mol. The number of fused-ring (bicyclic) bond motifs is 8. The fourth-order valence-electron chi connectivity index (χ4n) is 13.8. The van der Waals surface area contributed by atoms with Gasteiger partial charge in [-0.25, -0.2) is 0 Å². The average Bonchev–Trinajstić information content (AvgIpc) is 4.04. The number of halogens is 1. The zero-order valence-corrected chi connectivity index (χ0v) is 49.6. The molecule has 3 nitrogen and oxygen atoms in total. The molecule has 12 rings (SSSR count). The van der Waals surface area contributed by atoms with Crippen LogP contribution in [-0.4, -0.2) is 0 Å². The number of furan rings is 1. The van der Waals surface area contributed by atoms with Crippen molar-refractivity contribution in [2.75, 3.05) is 9.80 Å². The molecule has 0 saturated heterocycles. The fraction of sp³-hybridized carbons (Fsp3) is 0.380. The van der Waals surface area contributed by atoms with Crippen LogP contribution < -0.4 is 9.80 Å². The lowest BCUT2D eigenvalue weighted by Gasteiger charge is -2.48. The quantitative estimate of drug-likeness (QED) is 0.165. The van der Waals surface area contributed by atoms with E-state index in [0.29, 0.717) is 5.02 Å². The smallest absolute Gasteiger partial charge is 0.159 e. The summed E-state index contributed by atoms with van der Waals surface area (Å²) in [7, 11) is 0. The van der Waals surface area contributed by atoms with Crippen molar-refractivity contribution in [2.24, 2.45) is 0 Å². The molecule has 3 aliphatic rings. The van der Waals surface area contributed by atoms with Gasteiger partial charge in [0.05, 0.1) is 27.8 Å². The highest BCUT2D eigenvalue weighted by molar-refractivity contribution is 7.17. The van der Waals surface area contributed by atoms with Gasteiger partial charge in [-0.2, -0.15) is 0 Å². The number of nitrogens with zero attached hydrogens (tertiary/aromatic N) is 2. The SMILES string of the molecule is Cc1cc(N(c2ccc3c(c2)C(C)(C)CCC3(C)C)c2csc3ccc(C(C)(C)C)cc23)c(Cl)c(N(c2ccc3c(c2)C(C)(C)c2cc4c(cc2C3(C)C)C(C)(C)CCC4(C)C)c2cccc3c2oc2ccccc23)c1. The lowest BCUT2D eigenvalue weighted by atomic mass is 9.56. The van der Waals surface area contributed by atoms with Gasteiger partial charge in [0.15, 0.2) is 5.58 Å². The van der Waals surface area contributed by atoms with Gasteiger partial charge in [-0.1, -0.05) is 176 Å². The highest BCUT2D eigenvalue weighted by Gasteiger charge is 2.46. The number of rotatable bonds is 6. The molecule has 0 fully saturated rings. The standard InChI is InChI=1S/C71H77ClN2OS/c1-42-34-58(63(72)59(35-42)74(60-41-76-62-29-24-43(36-48(60)62)65(2,3)4)44-25-27-49-51(37-44)67(7,8)31-30-66(49,5)6)73(57-22-19-21-47-46-20-17-18-23-61(46)75-64(47)57)45-26-28-50-54(38-45)71(15,16)56-40-53-52(39-55(56)70(50,13)14)68(9,10)32-33-69(53,11)12/h17-29,34-41H,30-33H2,1-16H3. The van der Waals surface area contributed by atoms with Gasteiger partial charge in [0, 0.05) is 48.4 Å². The van der Waals surface area contributed by atoms with Crippen LogP contribution in [0.4, 0.5) is 34.1 Å². The van der Waals surface area contributed by atoms with E-state index in [1.807, 2.05) is 0 Å². The summed E-state index contributed by atoms with van der Waals surface area (Å²) in [6, 6.07) is 46.4. The Morgan fingerprint density at radius 2 is 0.961 bits per heavy atom. The van der Waals surface area contributed by atoms with Crippen molar-refractivity contribution in [3.05, 3.63) is 187 Å². The van der Waals surface area contributed by atoms with E-state index in [1.165, 1.54) is 73.0 Å². The van der Waals surface area contributed by atoms with E-state index in [9.17, 15) is 0 Å². The molecule has 0 bridgehead atoms. The largest absolute Gasteiger partial charge is 0.454 e. The minimum absolute atomic E-state index is 0.00766. The molecule has 3 aliphatic carbocycles. The first-order valence-electron chi connectivity index (χ1n) is 27.9. The zero-order chi connectivity index (χ0) is 54.0. The third-order valence-corrected chi connectivity index (χ3v) is 20.3. The Kier molecular flexibility index (Phi) is 11.3. The molecule has 0 radical (unpaired) electrons. The Hall–Kier alpha value is -5.81.